The zero-order valence-electron chi connectivity index (χ0n) is 6.89. The van der Waals surface area contributed by atoms with Crippen LogP contribution in [0, 0.1) is 0 Å². The van der Waals surface area contributed by atoms with Crippen LogP contribution >= 0.6 is 15.9 Å². The van der Waals surface area contributed by atoms with Crippen LogP contribution in [-0.4, -0.2) is 6.72 Å². The number of halogens is 1. The summed E-state index contributed by atoms with van der Waals surface area (Å²) in [6, 6.07) is 0. The fourth-order valence-corrected chi connectivity index (χ4v) is 0.850. The molecule has 0 saturated carbocycles. The maximum Gasteiger partial charge on any atom is 0.0295 e. The summed E-state index contributed by atoms with van der Waals surface area (Å²) < 4.78 is 1.05. The van der Waals surface area contributed by atoms with Crippen molar-refractivity contribution in [1.82, 2.24) is 0 Å². The smallest absolute Gasteiger partial charge is 0.0295 e. The fourth-order valence-electron chi connectivity index (χ4n) is 0.574. The van der Waals surface area contributed by atoms with E-state index in [1.807, 2.05) is 19.9 Å². The molecular weight excluding hydrogens is 202 g/mol. The van der Waals surface area contributed by atoms with Crippen LogP contribution in [0.25, 0.3) is 0 Å². The van der Waals surface area contributed by atoms with Gasteiger partial charge in [-0.05, 0) is 42.3 Å². The minimum Gasteiger partial charge on any atom is -0.272 e. The summed E-state index contributed by atoms with van der Waals surface area (Å²) >= 11 is 3.32. The highest BCUT2D eigenvalue weighted by Gasteiger charge is 1.91. The second kappa shape index (κ2) is 5.08. The third-order valence-electron chi connectivity index (χ3n) is 1.16. The second-order valence-corrected chi connectivity index (χ2v) is 3.50. The van der Waals surface area contributed by atoms with Gasteiger partial charge in [0.15, 0.2) is 0 Å². The lowest BCUT2D eigenvalue weighted by atomic mass is 10.1. The molecule has 2 heteroatoms. The van der Waals surface area contributed by atoms with Crippen molar-refractivity contribution in [1.29, 1.82) is 0 Å². The summed E-state index contributed by atoms with van der Waals surface area (Å²) in [5, 5.41) is 0. The van der Waals surface area contributed by atoms with Gasteiger partial charge in [0, 0.05) is 6.20 Å². The first kappa shape index (κ1) is 10.4. The van der Waals surface area contributed by atoms with E-state index in [4.69, 9.17) is 0 Å². The molecule has 0 aromatic rings. The van der Waals surface area contributed by atoms with Crippen molar-refractivity contribution in [3.63, 3.8) is 0 Å². The van der Waals surface area contributed by atoms with Crippen molar-refractivity contribution in [3.05, 3.63) is 34.5 Å². The molecule has 11 heavy (non-hydrogen) atoms. The average Bonchev–Trinajstić information content (AvgIpc) is 1.86. The first-order valence-electron chi connectivity index (χ1n) is 3.23. The minimum atomic E-state index is 0.951. The molecule has 0 aromatic heterocycles. The molecule has 1 nitrogen and oxygen atoms in total. The first-order chi connectivity index (χ1) is 5.07. The van der Waals surface area contributed by atoms with Gasteiger partial charge in [-0.15, -0.1) is 0 Å². The topological polar surface area (TPSA) is 12.4 Å². The summed E-state index contributed by atoms with van der Waals surface area (Å²) in [6.45, 7) is 11.1. The lowest BCUT2D eigenvalue weighted by Crippen LogP contribution is -1.77. The number of hydrogen-bond acceptors (Lipinski definition) is 1. The number of hydrogen-bond donors (Lipinski definition) is 0. The predicted molar refractivity (Wildman–Crippen MR) is 55.1 cm³/mol. The van der Waals surface area contributed by atoms with E-state index in [9.17, 15) is 0 Å². The van der Waals surface area contributed by atoms with Gasteiger partial charge in [0.2, 0.25) is 0 Å². The lowest BCUT2D eigenvalue weighted by Gasteiger charge is -1.97. The molecule has 0 saturated heterocycles. The molecule has 0 amide bonds. The highest BCUT2D eigenvalue weighted by molar-refractivity contribution is 9.11. The Hall–Kier alpha value is -0.630. The van der Waals surface area contributed by atoms with E-state index in [-0.39, 0.29) is 0 Å². The molecule has 0 aliphatic rings. The quantitative estimate of drug-likeness (QED) is 0.504. The third-order valence-corrected chi connectivity index (χ3v) is 1.39. The fraction of sp³-hybridized carbons (Fsp3) is 0.222. The van der Waals surface area contributed by atoms with E-state index in [2.05, 4.69) is 34.2 Å². The highest BCUT2D eigenvalue weighted by Crippen LogP contribution is 2.13. The van der Waals surface area contributed by atoms with E-state index in [0.717, 1.165) is 15.6 Å². The van der Waals surface area contributed by atoms with Crippen molar-refractivity contribution in [2.75, 3.05) is 0 Å². The zero-order chi connectivity index (χ0) is 8.85. The van der Waals surface area contributed by atoms with Gasteiger partial charge in [-0.3, -0.25) is 4.99 Å². The zero-order valence-corrected chi connectivity index (χ0v) is 8.48. The Bertz CT molecular complexity index is 220. The molecule has 0 N–H and O–H groups in total. The highest BCUT2D eigenvalue weighted by atomic mass is 79.9. The lowest BCUT2D eigenvalue weighted by molar-refractivity contribution is 1.38. The van der Waals surface area contributed by atoms with Crippen LogP contribution < -0.4 is 0 Å². The Morgan fingerprint density at radius 1 is 1.45 bits per heavy atom. The largest absolute Gasteiger partial charge is 0.272 e. The molecule has 0 fully saturated rings. The minimum absolute atomic E-state index is 0.951. The van der Waals surface area contributed by atoms with Gasteiger partial charge in [0.05, 0.1) is 0 Å². The van der Waals surface area contributed by atoms with Crippen LogP contribution in [0.5, 0.6) is 0 Å². The molecule has 60 valence electrons. The Balaban J connectivity index is 4.38. The van der Waals surface area contributed by atoms with Crippen LogP contribution in [0.1, 0.15) is 13.8 Å². The first-order valence-corrected chi connectivity index (χ1v) is 4.03. The van der Waals surface area contributed by atoms with E-state index >= 15 is 0 Å². The van der Waals surface area contributed by atoms with Crippen molar-refractivity contribution in [2.24, 2.45) is 4.99 Å². The van der Waals surface area contributed by atoms with Crippen LogP contribution in [-0.2, 0) is 0 Å². The van der Waals surface area contributed by atoms with Gasteiger partial charge in [-0.25, -0.2) is 0 Å². The standard InChI is InChI=1S/C9H12BrN/c1-7(5-9(3)10)8(2)6-11-4/h5-6H,1,4H2,2-3H3. The van der Waals surface area contributed by atoms with Crippen LogP contribution in [0.4, 0.5) is 0 Å². The molecule has 0 aliphatic heterocycles. The van der Waals surface area contributed by atoms with E-state index in [1.165, 1.54) is 0 Å². The molecule has 0 heterocycles. The molecule has 0 unspecified atom stereocenters. The van der Waals surface area contributed by atoms with Crippen molar-refractivity contribution in [2.45, 2.75) is 13.8 Å². The molecular formula is C9H12BrN. The normalized spacial score (nSPS) is 13.0. The number of rotatable bonds is 3. The van der Waals surface area contributed by atoms with E-state index < -0.39 is 0 Å². The van der Waals surface area contributed by atoms with Crippen molar-refractivity contribution < 1.29 is 0 Å². The maximum atomic E-state index is 3.85. The Labute approximate surface area is 76.4 Å². The van der Waals surface area contributed by atoms with Gasteiger partial charge in [-0.2, -0.15) is 0 Å². The van der Waals surface area contributed by atoms with Crippen molar-refractivity contribution in [3.8, 4) is 0 Å². The molecule has 0 radical (unpaired) electrons. The summed E-state index contributed by atoms with van der Waals surface area (Å²) in [5.74, 6) is 0. The summed E-state index contributed by atoms with van der Waals surface area (Å²) in [5.41, 5.74) is 1.98. The van der Waals surface area contributed by atoms with E-state index in [1.54, 1.807) is 6.20 Å². The van der Waals surface area contributed by atoms with Gasteiger partial charge in [0.25, 0.3) is 0 Å². The van der Waals surface area contributed by atoms with Crippen LogP contribution in [0.3, 0.4) is 0 Å². The Morgan fingerprint density at radius 3 is 2.36 bits per heavy atom. The molecule has 0 atom stereocenters. The average molecular weight is 214 g/mol. The predicted octanol–water partition coefficient (Wildman–Crippen LogP) is 3.45. The summed E-state index contributed by atoms with van der Waals surface area (Å²) in [6.07, 6.45) is 3.63. The molecule has 0 rings (SSSR count). The van der Waals surface area contributed by atoms with Crippen LogP contribution in [0.15, 0.2) is 39.5 Å². The van der Waals surface area contributed by atoms with Gasteiger partial charge < -0.3 is 0 Å². The van der Waals surface area contributed by atoms with Gasteiger partial charge in [-0.1, -0.05) is 22.5 Å². The van der Waals surface area contributed by atoms with Gasteiger partial charge in [0.1, 0.15) is 0 Å². The van der Waals surface area contributed by atoms with E-state index in [0.29, 0.717) is 0 Å². The monoisotopic (exact) mass is 213 g/mol. The maximum absolute atomic E-state index is 3.85. The Kier molecular flexibility index (Phi) is 4.79. The molecule has 0 bridgehead atoms. The Morgan fingerprint density at radius 2 is 2.00 bits per heavy atom. The van der Waals surface area contributed by atoms with Crippen molar-refractivity contribution >= 4 is 22.6 Å². The van der Waals surface area contributed by atoms with Gasteiger partial charge >= 0.3 is 0 Å². The third kappa shape index (κ3) is 4.73. The molecule has 0 spiro atoms. The second-order valence-electron chi connectivity index (χ2n) is 2.25. The molecule has 0 aliphatic carbocycles. The SMILES string of the molecule is C=NC=C(C)C(=C)C=C(C)Br. The number of aliphatic imine (C=N–C) groups is 1. The number of nitrogens with zero attached hydrogens (tertiary/aromatic N) is 1. The van der Waals surface area contributed by atoms with Crippen LogP contribution in [0.2, 0.25) is 0 Å². The molecule has 0 aromatic carbocycles. The summed E-state index contributed by atoms with van der Waals surface area (Å²) in [7, 11) is 0. The summed E-state index contributed by atoms with van der Waals surface area (Å²) in [4.78, 5) is 3.65. The number of allylic oxidation sites excluding steroid dienone is 4.